The number of carbonyl (C=O) groups excluding carboxylic acids is 1. The summed E-state index contributed by atoms with van der Waals surface area (Å²) >= 11 is 0. The van der Waals surface area contributed by atoms with Crippen LogP contribution in [0, 0.1) is 23.0 Å². The average molecular weight is 315 g/mol. The number of nitrogens with zero attached hydrogens (tertiary/aromatic N) is 1. The lowest BCUT2D eigenvalue weighted by molar-refractivity contribution is 0.0734. The quantitative estimate of drug-likeness (QED) is 0.607. The van der Waals surface area contributed by atoms with Crippen LogP contribution in [-0.4, -0.2) is 5.97 Å². The van der Waals surface area contributed by atoms with Gasteiger partial charge in [-0.25, -0.2) is 13.6 Å². The maximum atomic E-state index is 13.5. The number of rotatable bonds is 5. The summed E-state index contributed by atoms with van der Waals surface area (Å²) in [5, 5.41) is 8.60. The van der Waals surface area contributed by atoms with E-state index in [1.54, 1.807) is 12.1 Å². The maximum Gasteiger partial charge on any atom is 0.343 e. The van der Waals surface area contributed by atoms with Crippen molar-refractivity contribution in [1.29, 1.82) is 5.26 Å². The molecule has 0 aliphatic carbocycles. The van der Waals surface area contributed by atoms with E-state index >= 15 is 0 Å². The fourth-order valence-electron chi connectivity index (χ4n) is 2.07. The largest absolute Gasteiger partial charge is 0.423 e. The van der Waals surface area contributed by atoms with Crippen LogP contribution in [-0.2, 0) is 6.42 Å². The number of hydrogen-bond donors (Lipinski definition) is 0. The van der Waals surface area contributed by atoms with Crippen molar-refractivity contribution in [3.63, 3.8) is 0 Å². The molecule has 2 aromatic rings. The molecule has 23 heavy (non-hydrogen) atoms. The van der Waals surface area contributed by atoms with Gasteiger partial charge in [0.1, 0.15) is 29.0 Å². The van der Waals surface area contributed by atoms with E-state index in [1.165, 1.54) is 6.07 Å². The standard InChI is InChI=1S/C18H15F2NO2/c1-2-3-4-12-5-7-13(8-6-12)18(22)23-14-9-16(19)15(11-21)17(20)10-14/h5-10H,2-4H2,1H3. The molecule has 2 aromatic carbocycles. The zero-order valence-electron chi connectivity index (χ0n) is 12.6. The predicted molar refractivity (Wildman–Crippen MR) is 81.1 cm³/mol. The number of unbranched alkanes of at least 4 members (excludes halogenated alkanes) is 1. The van der Waals surface area contributed by atoms with Gasteiger partial charge in [-0.1, -0.05) is 25.5 Å². The van der Waals surface area contributed by atoms with Crippen LogP contribution in [0.3, 0.4) is 0 Å². The van der Waals surface area contributed by atoms with E-state index < -0.39 is 23.2 Å². The van der Waals surface area contributed by atoms with Gasteiger partial charge in [-0.15, -0.1) is 0 Å². The van der Waals surface area contributed by atoms with Crippen molar-refractivity contribution in [2.45, 2.75) is 26.2 Å². The highest BCUT2D eigenvalue weighted by Gasteiger charge is 2.14. The minimum Gasteiger partial charge on any atom is -0.423 e. The summed E-state index contributed by atoms with van der Waals surface area (Å²) in [6, 6.07) is 9.92. The number of halogens is 2. The number of ether oxygens (including phenoxy) is 1. The van der Waals surface area contributed by atoms with Crippen molar-refractivity contribution in [1.82, 2.24) is 0 Å². The molecule has 0 N–H and O–H groups in total. The minimum absolute atomic E-state index is 0.279. The molecule has 0 fully saturated rings. The molecular weight excluding hydrogens is 300 g/mol. The van der Waals surface area contributed by atoms with E-state index in [9.17, 15) is 13.6 Å². The van der Waals surface area contributed by atoms with Gasteiger partial charge in [0, 0.05) is 12.1 Å². The van der Waals surface area contributed by atoms with Crippen molar-refractivity contribution < 1.29 is 18.3 Å². The second kappa shape index (κ2) is 7.50. The van der Waals surface area contributed by atoms with Crippen molar-refractivity contribution >= 4 is 5.97 Å². The van der Waals surface area contributed by atoms with Crippen LogP contribution < -0.4 is 4.74 Å². The third-order valence-electron chi connectivity index (χ3n) is 3.35. The number of benzene rings is 2. The monoisotopic (exact) mass is 315 g/mol. The zero-order valence-corrected chi connectivity index (χ0v) is 12.6. The van der Waals surface area contributed by atoms with E-state index in [2.05, 4.69) is 6.92 Å². The molecule has 0 bridgehead atoms. The van der Waals surface area contributed by atoms with Crippen LogP contribution in [0.15, 0.2) is 36.4 Å². The molecule has 0 spiro atoms. The summed E-state index contributed by atoms with van der Waals surface area (Å²) in [7, 11) is 0. The molecular formula is C18H15F2NO2. The van der Waals surface area contributed by atoms with Crippen molar-refractivity contribution in [3.8, 4) is 11.8 Å². The molecule has 0 aliphatic heterocycles. The molecule has 0 atom stereocenters. The molecule has 5 heteroatoms. The average Bonchev–Trinajstić information content (AvgIpc) is 2.53. The topological polar surface area (TPSA) is 50.1 Å². The summed E-state index contributed by atoms with van der Waals surface area (Å²) in [6.07, 6.45) is 3.07. The fourth-order valence-corrected chi connectivity index (χ4v) is 2.07. The third kappa shape index (κ3) is 4.13. The second-order valence-corrected chi connectivity index (χ2v) is 5.06. The number of hydrogen-bond acceptors (Lipinski definition) is 3. The molecule has 0 radical (unpaired) electrons. The first kappa shape index (κ1) is 16.6. The Balaban J connectivity index is 2.11. The van der Waals surface area contributed by atoms with E-state index in [0.29, 0.717) is 0 Å². The predicted octanol–water partition coefficient (Wildman–Crippen LogP) is 4.40. The SMILES string of the molecule is CCCCc1ccc(C(=O)Oc2cc(F)c(C#N)c(F)c2)cc1. The van der Waals surface area contributed by atoms with Crippen LogP contribution in [0.2, 0.25) is 0 Å². The molecule has 118 valence electrons. The summed E-state index contributed by atoms with van der Waals surface area (Å²) < 4.78 is 31.9. The van der Waals surface area contributed by atoms with Gasteiger partial charge in [-0.3, -0.25) is 0 Å². The summed E-state index contributed by atoms with van der Waals surface area (Å²) in [5.41, 5.74) is 0.694. The first-order chi connectivity index (χ1) is 11.0. The Bertz CT molecular complexity index is 726. The highest BCUT2D eigenvalue weighted by atomic mass is 19.1. The van der Waals surface area contributed by atoms with Gasteiger partial charge < -0.3 is 4.74 Å². The highest BCUT2D eigenvalue weighted by Crippen LogP contribution is 2.21. The van der Waals surface area contributed by atoms with Gasteiger partial charge in [-0.05, 0) is 30.5 Å². The number of esters is 1. The van der Waals surface area contributed by atoms with E-state index in [4.69, 9.17) is 10.00 Å². The maximum absolute atomic E-state index is 13.5. The molecule has 0 saturated carbocycles. The van der Waals surface area contributed by atoms with Crippen molar-refractivity contribution in [2.75, 3.05) is 0 Å². The first-order valence-electron chi connectivity index (χ1n) is 7.25. The normalized spacial score (nSPS) is 10.2. The number of nitriles is 1. The lowest BCUT2D eigenvalue weighted by atomic mass is 10.1. The Morgan fingerprint density at radius 3 is 2.30 bits per heavy atom. The summed E-state index contributed by atoms with van der Waals surface area (Å²) in [5.74, 6) is -3.12. The molecule has 0 aliphatic rings. The first-order valence-corrected chi connectivity index (χ1v) is 7.25. The highest BCUT2D eigenvalue weighted by molar-refractivity contribution is 5.91. The van der Waals surface area contributed by atoms with Gasteiger partial charge in [0.2, 0.25) is 0 Å². The van der Waals surface area contributed by atoms with Gasteiger partial charge in [-0.2, -0.15) is 5.26 Å². The van der Waals surface area contributed by atoms with Gasteiger partial charge in [0.05, 0.1) is 5.56 Å². The Morgan fingerprint density at radius 1 is 1.17 bits per heavy atom. The zero-order chi connectivity index (χ0) is 16.8. The molecule has 0 amide bonds. The van der Waals surface area contributed by atoms with Crippen LogP contribution >= 0.6 is 0 Å². The van der Waals surface area contributed by atoms with E-state index in [1.807, 2.05) is 12.1 Å². The Labute approximate surface area is 133 Å². The molecule has 0 aromatic heterocycles. The van der Waals surface area contributed by atoms with Crippen molar-refractivity contribution in [2.24, 2.45) is 0 Å². The molecule has 0 heterocycles. The molecule has 2 rings (SSSR count). The Hall–Kier alpha value is -2.74. The summed E-state index contributed by atoms with van der Waals surface area (Å²) in [6.45, 7) is 2.10. The van der Waals surface area contributed by atoms with E-state index in [0.717, 1.165) is 37.0 Å². The van der Waals surface area contributed by atoms with Gasteiger partial charge in [0.25, 0.3) is 0 Å². The van der Waals surface area contributed by atoms with Crippen molar-refractivity contribution in [3.05, 3.63) is 64.7 Å². The van der Waals surface area contributed by atoms with Crippen LogP contribution in [0.5, 0.6) is 5.75 Å². The van der Waals surface area contributed by atoms with Crippen LogP contribution in [0.4, 0.5) is 8.78 Å². The Morgan fingerprint density at radius 2 is 1.78 bits per heavy atom. The number of aryl methyl sites for hydroxylation is 1. The smallest absolute Gasteiger partial charge is 0.343 e. The van der Waals surface area contributed by atoms with Gasteiger partial charge >= 0.3 is 5.97 Å². The molecule has 0 saturated heterocycles. The van der Waals surface area contributed by atoms with E-state index in [-0.39, 0.29) is 11.3 Å². The number of carbonyl (C=O) groups is 1. The van der Waals surface area contributed by atoms with Crippen LogP contribution in [0.25, 0.3) is 0 Å². The molecule has 3 nitrogen and oxygen atoms in total. The molecule has 0 unspecified atom stereocenters. The lowest BCUT2D eigenvalue weighted by Crippen LogP contribution is -2.09. The third-order valence-corrected chi connectivity index (χ3v) is 3.35. The van der Waals surface area contributed by atoms with Crippen LogP contribution in [0.1, 0.15) is 41.3 Å². The second-order valence-electron chi connectivity index (χ2n) is 5.06. The lowest BCUT2D eigenvalue weighted by Gasteiger charge is -2.06. The minimum atomic E-state index is -1.06. The fraction of sp³-hybridized carbons (Fsp3) is 0.222. The van der Waals surface area contributed by atoms with Gasteiger partial charge in [0.15, 0.2) is 0 Å². The summed E-state index contributed by atoms with van der Waals surface area (Å²) in [4.78, 5) is 12.0. The Kier molecular flexibility index (Phi) is 5.42.